The van der Waals surface area contributed by atoms with E-state index < -0.39 is 39.0 Å². The van der Waals surface area contributed by atoms with Crippen LogP contribution < -0.4 is 5.73 Å². The van der Waals surface area contributed by atoms with Gasteiger partial charge in [0.15, 0.2) is 17.7 Å². The fourth-order valence-electron chi connectivity index (χ4n) is 2.32. The van der Waals surface area contributed by atoms with Crippen molar-refractivity contribution in [2.75, 3.05) is 12.3 Å². The maximum Gasteiger partial charge on any atom is 0.469 e. The number of anilines is 1. The summed E-state index contributed by atoms with van der Waals surface area (Å²) in [5.74, 6) is 0.142. The van der Waals surface area contributed by atoms with Crippen LogP contribution in [0.25, 0.3) is 11.2 Å². The largest absolute Gasteiger partial charge is 0.469 e. The Morgan fingerprint density at radius 2 is 1.92 bits per heavy atom. The number of nitrogens with two attached hydrogens (primary N) is 1. The Hall–Kier alpha value is 0.340. The first-order chi connectivity index (χ1) is 10.8. The second kappa shape index (κ2) is 9.02. The van der Waals surface area contributed by atoms with Crippen molar-refractivity contribution in [2.24, 2.45) is 0 Å². The van der Waals surface area contributed by atoms with E-state index in [-0.39, 0.29) is 70.6 Å². The summed E-state index contributed by atoms with van der Waals surface area (Å²) in [4.78, 5) is 29.2. The number of hydrogen-bond donors (Lipinski definition) is 5. The maximum atomic E-state index is 10.7. The molecule has 1 aliphatic heterocycles. The molecule has 12 nitrogen and oxygen atoms in total. The van der Waals surface area contributed by atoms with Crippen molar-refractivity contribution in [1.82, 2.24) is 19.5 Å². The number of imidazole rings is 1. The van der Waals surface area contributed by atoms with Crippen LogP contribution in [-0.2, 0) is 13.8 Å². The number of aromatic nitrogens is 4. The Kier molecular flexibility index (Phi) is 8.44. The third kappa shape index (κ3) is 4.99. The van der Waals surface area contributed by atoms with Crippen LogP contribution in [-0.4, -0.2) is 124 Å². The molecule has 128 valence electrons. The summed E-state index contributed by atoms with van der Waals surface area (Å²) >= 11 is 0. The van der Waals surface area contributed by atoms with E-state index in [9.17, 15) is 14.8 Å². The van der Waals surface area contributed by atoms with Crippen LogP contribution in [0.2, 0.25) is 0 Å². The van der Waals surface area contributed by atoms with Gasteiger partial charge in [0, 0.05) is 59.1 Å². The Bertz CT molecular complexity index is 773. The predicted octanol–water partition coefficient (Wildman–Crippen LogP) is -2.62. The number of hydrogen-bond acceptors (Lipinski definition) is 9. The van der Waals surface area contributed by atoms with Gasteiger partial charge in [0.05, 0.1) is 12.9 Å². The van der Waals surface area contributed by atoms with E-state index >= 15 is 0 Å². The molecule has 0 aromatic carbocycles. The normalized spacial score (nSPS) is 26.2. The summed E-state index contributed by atoms with van der Waals surface area (Å²) in [5, 5.41) is 20.1. The Morgan fingerprint density at radius 1 is 1.24 bits per heavy atom. The van der Waals surface area contributed by atoms with Crippen LogP contribution >= 0.6 is 7.82 Å². The number of phosphoric acid groups is 1. The van der Waals surface area contributed by atoms with E-state index in [1.807, 2.05) is 0 Å². The van der Waals surface area contributed by atoms with Crippen LogP contribution in [0.3, 0.4) is 0 Å². The fraction of sp³-hybridized carbons (Fsp3) is 0.500. The summed E-state index contributed by atoms with van der Waals surface area (Å²) in [6, 6.07) is 0. The van der Waals surface area contributed by atoms with Gasteiger partial charge in [-0.1, -0.05) is 0 Å². The molecule has 0 saturated carbocycles. The first-order valence-corrected chi connectivity index (χ1v) is 7.95. The number of aliphatic hydroxyl groups excluding tert-OH is 2. The Morgan fingerprint density at radius 3 is 2.56 bits per heavy atom. The van der Waals surface area contributed by atoms with E-state index in [0.717, 1.165) is 0 Å². The fourth-order valence-corrected chi connectivity index (χ4v) is 2.66. The average molecular weight is 393 g/mol. The monoisotopic (exact) mass is 393 g/mol. The van der Waals surface area contributed by atoms with E-state index in [0.29, 0.717) is 5.52 Å². The molecule has 1 aliphatic rings. The van der Waals surface area contributed by atoms with Crippen molar-refractivity contribution in [1.29, 1.82) is 0 Å². The first-order valence-electron chi connectivity index (χ1n) is 6.42. The molecule has 3 rings (SSSR count). The van der Waals surface area contributed by atoms with Crippen molar-refractivity contribution in [3.8, 4) is 0 Å². The van der Waals surface area contributed by atoms with Crippen LogP contribution in [0.1, 0.15) is 6.23 Å². The molecule has 1 saturated heterocycles. The molecule has 2 aromatic heterocycles. The number of phosphoric ester groups is 1. The second-order valence-corrected chi connectivity index (χ2v) is 6.15. The van der Waals surface area contributed by atoms with Crippen LogP contribution in [0.5, 0.6) is 0 Å². The molecular weight excluding hydrogens is 379 g/mol. The minimum Gasteiger partial charge on any atom is -0.387 e. The molecule has 25 heavy (non-hydrogen) atoms. The van der Waals surface area contributed by atoms with Gasteiger partial charge in [-0.25, -0.2) is 19.5 Å². The van der Waals surface area contributed by atoms with Crippen molar-refractivity contribution in [3.05, 3.63) is 12.7 Å². The number of nitrogen functional groups attached to an aromatic ring is 1. The van der Waals surface area contributed by atoms with Gasteiger partial charge in [-0.3, -0.25) is 9.09 Å². The van der Waals surface area contributed by atoms with Crippen molar-refractivity contribution >= 4 is 83.9 Å². The van der Waals surface area contributed by atoms with Crippen LogP contribution in [0.15, 0.2) is 12.7 Å². The van der Waals surface area contributed by atoms with Gasteiger partial charge < -0.3 is 30.5 Å². The number of ether oxygens (including phenoxy) is 1. The van der Waals surface area contributed by atoms with Crippen LogP contribution in [0.4, 0.5) is 5.82 Å². The van der Waals surface area contributed by atoms with Crippen molar-refractivity contribution < 1.29 is 33.8 Å². The zero-order chi connectivity index (χ0) is 16.8. The molecule has 1 fully saturated rings. The minimum absolute atomic E-state index is 0. The smallest absolute Gasteiger partial charge is 0.387 e. The van der Waals surface area contributed by atoms with Gasteiger partial charge in [-0.05, 0) is 0 Å². The van der Waals surface area contributed by atoms with Gasteiger partial charge >= 0.3 is 7.82 Å². The summed E-state index contributed by atoms with van der Waals surface area (Å²) in [6.07, 6.45) is -2.49. The topological polar surface area (TPSA) is 186 Å². The van der Waals surface area contributed by atoms with E-state index in [4.69, 9.17) is 20.3 Å². The summed E-state index contributed by atoms with van der Waals surface area (Å²) in [7, 11) is -4.72. The summed E-state index contributed by atoms with van der Waals surface area (Å²) < 4.78 is 21.8. The predicted molar refractivity (Wildman–Crippen MR) is 85.2 cm³/mol. The molecule has 2 radical (unpaired) electrons. The molecule has 15 heteroatoms. The van der Waals surface area contributed by atoms with Crippen molar-refractivity contribution in [2.45, 2.75) is 24.5 Å². The van der Waals surface area contributed by atoms with E-state index in [2.05, 4.69) is 19.5 Å². The molecule has 0 spiro atoms. The third-order valence-corrected chi connectivity index (χ3v) is 3.89. The van der Waals surface area contributed by atoms with Crippen molar-refractivity contribution in [3.63, 3.8) is 0 Å². The molecule has 0 aliphatic carbocycles. The zero-order valence-corrected chi connectivity index (χ0v) is 18.4. The summed E-state index contributed by atoms with van der Waals surface area (Å²) in [5.41, 5.74) is 6.25. The van der Waals surface area contributed by atoms with E-state index in [1.54, 1.807) is 0 Å². The van der Waals surface area contributed by atoms with Gasteiger partial charge in [-0.15, -0.1) is 0 Å². The number of rotatable bonds is 4. The van der Waals surface area contributed by atoms with Gasteiger partial charge in [0.1, 0.15) is 30.2 Å². The third-order valence-electron chi connectivity index (χ3n) is 3.41. The molecule has 0 amide bonds. The van der Waals surface area contributed by atoms with Crippen LogP contribution in [0, 0.1) is 0 Å². The van der Waals surface area contributed by atoms with Gasteiger partial charge in [-0.2, -0.15) is 0 Å². The quantitative estimate of drug-likeness (QED) is 0.270. The molecule has 6 N–H and O–H groups in total. The standard InChI is InChI=1S/C10H14N5O7P.2Na/c11-8-5-9(13-2-12-8)15(3-14-5)10-7(17)6(16)4(22-10)1-21-23(18,19)20;;/h2-4,6-7,10,16-17H,1H2,(H2,11,12,13)(H2,18,19,20);;/t4-,6-,7-,10-;;/m1../s1. The average Bonchev–Trinajstić information content (AvgIpc) is 3.01. The number of fused-ring (bicyclic) bond motifs is 1. The molecule has 4 atom stereocenters. The number of aliphatic hydroxyl groups is 2. The molecule has 3 heterocycles. The maximum absolute atomic E-state index is 10.7. The minimum atomic E-state index is -4.72. The van der Waals surface area contributed by atoms with E-state index in [1.165, 1.54) is 17.2 Å². The molecule has 2 aromatic rings. The molecule has 0 unspecified atom stereocenters. The van der Waals surface area contributed by atoms with Gasteiger partial charge in [0.25, 0.3) is 0 Å². The Labute approximate surface area is 185 Å². The summed E-state index contributed by atoms with van der Waals surface area (Å²) in [6.45, 7) is -0.594. The second-order valence-electron chi connectivity index (χ2n) is 4.92. The molecular formula is C10H14N5Na2O7P. The number of nitrogens with zero attached hydrogens (tertiary/aromatic N) is 4. The zero-order valence-electron chi connectivity index (χ0n) is 13.5. The first kappa shape index (κ1) is 23.4. The van der Waals surface area contributed by atoms with Gasteiger partial charge in [0.2, 0.25) is 0 Å². The Balaban J connectivity index is 0.00000156. The SMILES string of the molecule is Nc1ncnc2c1ncn2[C@@H]1O[C@H](COP(=O)(O)O)[C@@H](O)[C@H]1O.[Na].[Na]. The molecule has 0 bridgehead atoms.